The van der Waals surface area contributed by atoms with Crippen molar-refractivity contribution in [3.63, 3.8) is 0 Å². The smallest absolute Gasteiger partial charge is 0.273 e. The Morgan fingerprint density at radius 2 is 2.00 bits per heavy atom. The molecule has 2 aromatic heterocycles. The molecule has 1 N–H and O–H groups in total. The maximum absolute atomic E-state index is 12.6. The van der Waals surface area contributed by atoms with Crippen LogP contribution in [-0.2, 0) is 4.79 Å². The second kappa shape index (κ2) is 6.51. The van der Waals surface area contributed by atoms with Gasteiger partial charge in [0.25, 0.3) is 5.56 Å². The highest BCUT2D eigenvalue weighted by Gasteiger charge is 2.13. The van der Waals surface area contributed by atoms with Crippen molar-refractivity contribution in [1.29, 1.82) is 0 Å². The van der Waals surface area contributed by atoms with Crippen molar-refractivity contribution in [1.82, 2.24) is 19.4 Å². The Balaban J connectivity index is 2.00. The summed E-state index contributed by atoms with van der Waals surface area (Å²) in [4.78, 5) is 28.8. The molecule has 1 amide bonds. The normalized spacial score (nSPS) is 11.2. The number of nitrogens with zero attached hydrogens (tertiary/aromatic N) is 4. The maximum Gasteiger partial charge on any atom is 0.283 e. The highest BCUT2D eigenvalue weighted by Crippen LogP contribution is 2.17. The molecule has 0 radical (unpaired) electrons. The Kier molecular flexibility index (Phi) is 4.39. The van der Waals surface area contributed by atoms with E-state index < -0.39 is 0 Å². The predicted octanol–water partition coefficient (Wildman–Crippen LogP) is 2.32. The van der Waals surface area contributed by atoms with Crippen molar-refractivity contribution in [2.24, 2.45) is 5.92 Å². The molecule has 2 heterocycles. The van der Waals surface area contributed by atoms with E-state index in [1.807, 2.05) is 45.9 Å². The number of aromatic nitrogens is 4. The molecule has 0 atom stereocenters. The molecule has 1 aromatic carbocycles. The molecule has 0 spiro atoms. The fraction of sp³-hybridized carbons (Fsp3) is 0.333. The molecule has 7 heteroatoms. The van der Waals surface area contributed by atoms with Gasteiger partial charge in [0.2, 0.25) is 5.91 Å². The molecule has 0 unspecified atom stereocenters. The number of carbonyl (C=O) groups excluding carboxylic acids is 1. The van der Waals surface area contributed by atoms with E-state index in [0.29, 0.717) is 17.5 Å². The van der Waals surface area contributed by atoms with Crippen molar-refractivity contribution in [2.75, 3.05) is 5.43 Å². The third-order valence-electron chi connectivity index (χ3n) is 4.06. The third kappa shape index (κ3) is 3.31. The van der Waals surface area contributed by atoms with Crippen molar-refractivity contribution in [2.45, 2.75) is 34.1 Å². The van der Waals surface area contributed by atoms with Crippen molar-refractivity contribution in [3.05, 3.63) is 52.2 Å². The third-order valence-corrected chi connectivity index (χ3v) is 4.06. The van der Waals surface area contributed by atoms with Gasteiger partial charge in [0.1, 0.15) is 11.7 Å². The first-order valence-corrected chi connectivity index (χ1v) is 8.19. The number of fused-ring (bicyclic) bond motifs is 1. The zero-order valence-corrected chi connectivity index (χ0v) is 14.8. The lowest BCUT2D eigenvalue weighted by Gasteiger charge is -2.09. The number of aryl methyl sites for hydroxylation is 2. The van der Waals surface area contributed by atoms with Crippen LogP contribution in [0.5, 0.6) is 0 Å². The van der Waals surface area contributed by atoms with Crippen LogP contribution in [0.1, 0.15) is 31.4 Å². The van der Waals surface area contributed by atoms with Gasteiger partial charge in [-0.1, -0.05) is 19.9 Å². The summed E-state index contributed by atoms with van der Waals surface area (Å²) in [5, 5.41) is 4.65. The highest BCUT2D eigenvalue weighted by molar-refractivity contribution is 5.84. The van der Waals surface area contributed by atoms with Crippen LogP contribution < -0.4 is 11.0 Å². The van der Waals surface area contributed by atoms with Gasteiger partial charge in [-0.2, -0.15) is 5.10 Å². The minimum absolute atomic E-state index is 0.208. The van der Waals surface area contributed by atoms with E-state index in [1.54, 1.807) is 4.68 Å². The molecule has 0 aliphatic rings. The van der Waals surface area contributed by atoms with E-state index >= 15 is 0 Å². The number of rotatable bonds is 4. The summed E-state index contributed by atoms with van der Waals surface area (Å²) >= 11 is 0. The van der Waals surface area contributed by atoms with Gasteiger partial charge in [0.15, 0.2) is 5.65 Å². The molecule has 0 aliphatic heterocycles. The number of hydrogen-bond donors (Lipinski definition) is 1. The Morgan fingerprint density at radius 3 is 2.68 bits per heavy atom. The van der Waals surface area contributed by atoms with Crippen LogP contribution >= 0.6 is 0 Å². The summed E-state index contributed by atoms with van der Waals surface area (Å²) in [7, 11) is 0. The van der Waals surface area contributed by atoms with Crippen molar-refractivity contribution in [3.8, 4) is 5.69 Å². The highest BCUT2D eigenvalue weighted by atomic mass is 16.2. The summed E-state index contributed by atoms with van der Waals surface area (Å²) in [5.41, 5.74) is 5.83. The van der Waals surface area contributed by atoms with Gasteiger partial charge in [-0.3, -0.25) is 15.0 Å². The Bertz CT molecular complexity index is 1000. The van der Waals surface area contributed by atoms with E-state index in [0.717, 1.165) is 15.9 Å². The van der Waals surface area contributed by atoms with Crippen LogP contribution in [0.2, 0.25) is 0 Å². The van der Waals surface area contributed by atoms with E-state index in [9.17, 15) is 9.59 Å². The molecule has 3 aromatic rings. The van der Waals surface area contributed by atoms with Crippen LogP contribution in [0.3, 0.4) is 0 Å². The molecule has 3 rings (SSSR count). The fourth-order valence-corrected chi connectivity index (χ4v) is 2.59. The minimum atomic E-state index is -0.350. The largest absolute Gasteiger partial charge is 0.283 e. The van der Waals surface area contributed by atoms with Gasteiger partial charge in [-0.25, -0.2) is 14.3 Å². The summed E-state index contributed by atoms with van der Waals surface area (Å²) < 4.78 is 2.74. The van der Waals surface area contributed by atoms with Crippen LogP contribution in [0.4, 0.5) is 0 Å². The Hall–Kier alpha value is -2.96. The Morgan fingerprint density at radius 1 is 1.24 bits per heavy atom. The van der Waals surface area contributed by atoms with Crippen LogP contribution in [0.15, 0.2) is 35.5 Å². The molecular formula is C18H21N5O2. The summed E-state index contributed by atoms with van der Waals surface area (Å²) in [6.07, 6.45) is 3.14. The molecule has 0 bridgehead atoms. The topological polar surface area (TPSA) is 81.8 Å². The number of carbonyl (C=O) groups is 1. The number of hydrogen-bond acceptors (Lipinski definition) is 4. The minimum Gasteiger partial charge on any atom is -0.273 e. The van der Waals surface area contributed by atoms with Gasteiger partial charge in [0.05, 0.1) is 11.9 Å². The fourth-order valence-electron chi connectivity index (χ4n) is 2.59. The van der Waals surface area contributed by atoms with Gasteiger partial charge in [-0.15, -0.1) is 0 Å². The first kappa shape index (κ1) is 16.9. The van der Waals surface area contributed by atoms with Gasteiger partial charge >= 0.3 is 0 Å². The van der Waals surface area contributed by atoms with Crippen LogP contribution in [0.25, 0.3) is 16.7 Å². The first-order valence-electron chi connectivity index (χ1n) is 8.19. The number of amides is 1. The van der Waals surface area contributed by atoms with Gasteiger partial charge < -0.3 is 0 Å². The summed E-state index contributed by atoms with van der Waals surface area (Å²) in [6, 6.07) is 5.94. The van der Waals surface area contributed by atoms with E-state index in [1.165, 1.54) is 18.1 Å². The molecule has 7 nitrogen and oxygen atoms in total. The predicted molar refractivity (Wildman–Crippen MR) is 96.4 cm³/mol. The first-order chi connectivity index (χ1) is 11.9. The monoisotopic (exact) mass is 339 g/mol. The second-order valence-corrected chi connectivity index (χ2v) is 6.61. The lowest BCUT2D eigenvalue weighted by molar-refractivity contribution is -0.117. The van der Waals surface area contributed by atoms with Crippen molar-refractivity contribution >= 4 is 16.9 Å². The van der Waals surface area contributed by atoms with Crippen LogP contribution in [0, 0.1) is 19.8 Å². The SMILES string of the molecule is Cc1ccc(-n2ncc3c(=O)n(NC(=O)CC(C)C)cnc32)cc1C. The molecular weight excluding hydrogens is 318 g/mol. The van der Waals surface area contributed by atoms with E-state index in [4.69, 9.17) is 0 Å². The molecule has 0 aliphatic carbocycles. The zero-order valence-electron chi connectivity index (χ0n) is 14.8. The number of nitrogens with one attached hydrogen (secondary N) is 1. The standard InChI is InChI=1S/C18H21N5O2/c1-11(2)7-16(24)21-22-10-19-17-15(18(22)25)9-20-23(17)14-6-5-12(3)13(4)8-14/h5-6,8-11H,7H2,1-4H3,(H,21,24). The summed E-state index contributed by atoms with van der Waals surface area (Å²) in [6.45, 7) is 7.95. The molecule has 130 valence electrons. The second-order valence-electron chi connectivity index (χ2n) is 6.61. The molecule has 25 heavy (non-hydrogen) atoms. The van der Waals surface area contributed by atoms with Gasteiger partial charge in [0, 0.05) is 6.42 Å². The summed E-state index contributed by atoms with van der Waals surface area (Å²) in [5.74, 6) is -0.0141. The average molecular weight is 339 g/mol. The van der Waals surface area contributed by atoms with E-state index in [-0.39, 0.29) is 17.4 Å². The molecule has 0 fully saturated rings. The molecule has 0 saturated heterocycles. The number of benzene rings is 1. The Labute approximate surface area is 145 Å². The maximum atomic E-state index is 12.6. The van der Waals surface area contributed by atoms with Crippen LogP contribution in [-0.4, -0.2) is 25.3 Å². The molecule has 0 saturated carbocycles. The average Bonchev–Trinajstić information content (AvgIpc) is 2.97. The lowest BCUT2D eigenvalue weighted by atomic mass is 10.1. The zero-order chi connectivity index (χ0) is 18.1. The van der Waals surface area contributed by atoms with Crippen molar-refractivity contribution < 1.29 is 4.79 Å². The lowest BCUT2D eigenvalue weighted by Crippen LogP contribution is -2.33. The quantitative estimate of drug-likeness (QED) is 0.791. The van der Waals surface area contributed by atoms with Gasteiger partial charge in [-0.05, 0) is 43.0 Å². The van der Waals surface area contributed by atoms with E-state index in [2.05, 4.69) is 15.5 Å².